The van der Waals surface area contributed by atoms with Crippen LogP contribution in [0, 0.1) is 5.92 Å². The molecule has 1 aromatic rings. The van der Waals surface area contributed by atoms with E-state index in [1.165, 1.54) is 32.1 Å². The summed E-state index contributed by atoms with van der Waals surface area (Å²) >= 11 is 0. The average molecular weight is 246 g/mol. The van der Waals surface area contributed by atoms with Crippen LogP contribution in [-0.2, 0) is 0 Å². The highest BCUT2D eigenvalue weighted by Gasteiger charge is 2.14. The third-order valence-corrected chi connectivity index (χ3v) is 3.40. The first kappa shape index (κ1) is 13.1. The molecule has 0 amide bonds. The fraction of sp³-hybridized carbons (Fsp3) is 0.533. The second kappa shape index (κ2) is 7.17. The van der Waals surface area contributed by atoms with Crippen LogP contribution in [0.25, 0.3) is 6.08 Å². The Labute approximate surface area is 109 Å². The Morgan fingerprint density at radius 3 is 2.94 bits per heavy atom. The van der Waals surface area contributed by atoms with Gasteiger partial charge in [0.1, 0.15) is 0 Å². The van der Waals surface area contributed by atoms with Crippen LogP contribution in [0.2, 0.25) is 0 Å². The highest BCUT2D eigenvalue weighted by atomic mass is 16.5. The number of hydrogen-bond acceptors (Lipinski definition) is 3. The van der Waals surface area contributed by atoms with Crippen LogP contribution in [0.3, 0.4) is 0 Å². The van der Waals surface area contributed by atoms with E-state index in [0.29, 0.717) is 12.5 Å². The molecule has 1 saturated carbocycles. The van der Waals surface area contributed by atoms with Gasteiger partial charge in [-0.3, -0.25) is 0 Å². The van der Waals surface area contributed by atoms with Gasteiger partial charge in [-0.25, -0.2) is 4.98 Å². The lowest BCUT2D eigenvalue weighted by Gasteiger charge is -2.21. The summed E-state index contributed by atoms with van der Waals surface area (Å²) in [6.07, 6.45) is 12.4. The van der Waals surface area contributed by atoms with Crippen LogP contribution in [0.1, 0.15) is 37.7 Å². The summed E-state index contributed by atoms with van der Waals surface area (Å²) < 4.78 is 5.79. The van der Waals surface area contributed by atoms with E-state index < -0.39 is 0 Å². The van der Waals surface area contributed by atoms with Gasteiger partial charge < -0.3 is 10.5 Å². The van der Waals surface area contributed by atoms with Gasteiger partial charge in [-0.2, -0.15) is 0 Å². The van der Waals surface area contributed by atoms with Crippen molar-refractivity contribution >= 4 is 6.08 Å². The number of nitrogens with zero attached hydrogens (tertiary/aromatic N) is 1. The zero-order valence-electron chi connectivity index (χ0n) is 10.8. The molecular formula is C15H22N2O. The maximum atomic E-state index is 5.79. The summed E-state index contributed by atoms with van der Waals surface area (Å²) in [6.45, 7) is 1.36. The number of hydrogen-bond donors (Lipinski definition) is 1. The Hall–Kier alpha value is -1.35. The topological polar surface area (TPSA) is 48.1 Å². The summed E-state index contributed by atoms with van der Waals surface area (Å²) in [5, 5.41) is 0. The molecule has 0 spiro atoms. The second-order valence-corrected chi connectivity index (χ2v) is 4.88. The monoisotopic (exact) mass is 246 g/mol. The molecule has 0 bridgehead atoms. The van der Waals surface area contributed by atoms with Crippen molar-refractivity contribution in [1.82, 2.24) is 4.98 Å². The van der Waals surface area contributed by atoms with Crippen molar-refractivity contribution in [3.05, 3.63) is 30.0 Å². The molecule has 0 aromatic carbocycles. The molecule has 3 nitrogen and oxygen atoms in total. The zero-order chi connectivity index (χ0) is 12.6. The van der Waals surface area contributed by atoms with Gasteiger partial charge in [0.2, 0.25) is 5.88 Å². The van der Waals surface area contributed by atoms with Gasteiger partial charge in [0.15, 0.2) is 0 Å². The van der Waals surface area contributed by atoms with Crippen molar-refractivity contribution in [3.8, 4) is 5.88 Å². The van der Waals surface area contributed by atoms with E-state index in [1.54, 1.807) is 6.20 Å². The molecule has 2 rings (SSSR count). The number of ether oxygens (including phenoxy) is 1. The zero-order valence-corrected chi connectivity index (χ0v) is 10.8. The molecule has 0 aliphatic heterocycles. The standard InChI is InChI=1S/C15H22N2O/c16-9-4-7-13-8-10-17-15(11-13)18-12-14-5-2-1-3-6-14/h4,7-8,10-11,14H,1-3,5-6,9,12,16H2/b7-4+. The molecular weight excluding hydrogens is 224 g/mol. The van der Waals surface area contributed by atoms with Crippen molar-refractivity contribution < 1.29 is 4.74 Å². The van der Waals surface area contributed by atoms with E-state index >= 15 is 0 Å². The van der Waals surface area contributed by atoms with Crippen molar-refractivity contribution in [2.24, 2.45) is 11.7 Å². The number of aromatic nitrogens is 1. The Morgan fingerprint density at radius 2 is 2.17 bits per heavy atom. The third-order valence-electron chi connectivity index (χ3n) is 3.40. The molecule has 2 N–H and O–H groups in total. The van der Waals surface area contributed by atoms with Gasteiger partial charge in [0.05, 0.1) is 6.61 Å². The molecule has 0 radical (unpaired) electrons. The summed E-state index contributed by atoms with van der Waals surface area (Å²) in [5.41, 5.74) is 6.53. The number of pyridine rings is 1. The molecule has 0 saturated heterocycles. The van der Waals surface area contributed by atoms with Crippen molar-refractivity contribution in [2.75, 3.05) is 13.2 Å². The highest BCUT2D eigenvalue weighted by molar-refractivity contribution is 5.50. The Bertz CT molecular complexity index is 384. The second-order valence-electron chi connectivity index (χ2n) is 4.88. The average Bonchev–Trinajstić information content (AvgIpc) is 2.44. The van der Waals surface area contributed by atoms with E-state index in [9.17, 15) is 0 Å². The van der Waals surface area contributed by atoms with Gasteiger partial charge in [-0.15, -0.1) is 0 Å². The first-order valence-corrected chi connectivity index (χ1v) is 6.84. The predicted octanol–water partition coefficient (Wildman–Crippen LogP) is 3.01. The normalized spacial score (nSPS) is 17.2. The van der Waals surface area contributed by atoms with E-state index in [4.69, 9.17) is 10.5 Å². The summed E-state index contributed by atoms with van der Waals surface area (Å²) in [6, 6.07) is 3.93. The lowest BCUT2D eigenvalue weighted by Crippen LogP contribution is -2.15. The molecule has 1 aliphatic carbocycles. The first-order chi connectivity index (χ1) is 8.88. The number of nitrogens with two attached hydrogens (primary N) is 1. The number of rotatable bonds is 5. The molecule has 1 aromatic heterocycles. The lowest BCUT2D eigenvalue weighted by atomic mass is 9.90. The smallest absolute Gasteiger partial charge is 0.213 e. The van der Waals surface area contributed by atoms with Crippen LogP contribution >= 0.6 is 0 Å². The highest BCUT2D eigenvalue weighted by Crippen LogP contribution is 2.24. The van der Waals surface area contributed by atoms with Gasteiger partial charge >= 0.3 is 0 Å². The van der Waals surface area contributed by atoms with Crippen LogP contribution in [-0.4, -0.2) is 18.1 Å². The summed E-state index contributed by atoms with van der Waals surface area (Å²) in [4.78, 5) is 4.24. The minimum absolute atomic E-state index is 0.556. The predicted molar refractivity (Wildman–Crippen MR) is 74.4 cm³/mol. The van der Waals surface area contributed by atoms with Gasteiger partial charge in [-0.1, -0.05) is 31.4 Å². The molecule has 1 heterocycles. The van der Waals surface area contributed by atoms with Gasteiger partial charge in [-0.05, 0) is 30.4 Å². The van der Waals surface area contributed by atoms with Crippen LogP contribution in [0.5, 0.6) is 5.88 Å². The summed E-state index contributed by atoms with van der Waals surface area (Å²) in [7, 11) is 0. The van der Waals surface area contributed by atoms with Crippen molar-refractivity contribution in [1.29, 1.82) is 0 Å². The molecule has 18 heavy (non-hydrogen) atoms. The van der Waals surface area contributed by atoms with Crippen LogP contribution in [0.15, 0.2) is 24.4 Å². The molecule has 3 heteroatoms. The third kappa shape index (κ3) is 4.15. The maximum absolute atomic E-state index is 5.79. The van der Waals surface area contributed by atoms with Crippen LogP contribution in [0.4, 0.5) is 0 Å². The van der Waals surface area contributed by atoms with Crippen molar-refractivity contribution in [3.63, 3.8) is 0 Å². The molecule has 1 aliphatic rings. The van der Waals surface area contributed by atoms with Crippen LogP contribution < -0.4 is 10.5 Å². The van der Waals surface area contributed by atoms with E-state index in [2.05, 4.69) is 4.98 Å². The fourth-order valence-corrected chi connectivity index (χ4v) is 2.37. The SMILES string of the molecule is NC/C=C/c1ccnc(OCC2CCCCC2)c1. The minimum atomic E-state index is 0.556. The first-order valence-electron chi connectivity index (χ1n) is 6.84. The Morgan fingerprint density at radius 1 is 1.33 bits per heavy atom. The lowest BCUT2D eigenvalue weighted by molar-refractivity contribution is 0.203. The largest absolute Gasteiger partial charge is 0.477 e. The van der Waals surface area contributed by atoms with Gasteiger partial charge in [0, 0.05) is 18.8 Å². The van der Waals surface area contributed by atoms with E-state index in [1.807, 2.05) is 24.3 Å². The molecule has 98 valence electrons. The molecule has 0 unspecified atom stereocenters. The fourth-order valence-electron chi connectivity index (χ4n) is 2.37. The van der Waals surface area contributed by atoms with Crippen molar-refractivity contribution in [2.45, 2.75) is 32.1 Å². The molecule has 0 atom stereocenters. The maximum Gasteiger partial charge on any atom is 0.213 e. The quantitative estimate of drug-likeness (QED) is 0.868. The van der Waals surface area contributed by atoms with E-state index in [-0.39, 0.29) is 0 Å². The molecule has 1 fully saturated rings. The summed E-state index contributed by atoms with van der Waals surface area (Å²) in [5.74, 6) is 1.43. The van der Waals surface area contributed by atoms with E-state index in [0.717, 1.165) is 18.1 Å². The minimum Gasteiger partial charge on any atom is -0.477 e. The Balaban J connectivity index is 1.86. The Kier molecular flexibility index (Phi) is 5.21. The van der Waals surface area contributed by atoms with Gasteiger partial charge in [0.25, 0.3) is 0 Å².